The molecule has 0 aromatic heterocycles. The molecule has 1 rings (SSSR count). The van der Waals surface area contributed by atoms with Crippen molar-refractivity contribution >= 4 is 0 Å². The van der Waals surface area contributed by atoms with Crippen LogP contribution in [0.3, 0.4) is 0 Å². The molecule has 1 aromatic rings. The van der Waals surface area contributed by atoms with Crippen molar-refractivity contribution in [3.8, 4) is 0 Å². The summed E-state index contributed by atoms with van der Waals surface area (Å²) in [5, 5.41) is 3.08. The smallest absolute Gasteiger partial charge is 0.0202 e. The van der Waals surface area contributed by atoms with Crippen molar-refractivity contribution in [1.82, 2.24) is 5.32 Å². The lowest BCUT2D eigenvalue weighted by Gasteiger charge is -1.95. The van der Waals surface area contributed by atoms with Crippen molar-refractivity contribution < 1.29 is 0 Å². The van der Waals surface area contributed by atoms with E-state index in [1.165, 1.54) is 18.4 Å². The van der Waals surface area contributed by atoms with Gasteiger partial charge in [0, 0.05) is 6.54 Å². The highest BCUT2D eigenvalue weighted by Crippen LogP contribution is 1.95. The summed E-state index contributed by atoms with van der Waals surface area (Å²) >= 11 is 0. The molecular weight excluding hydrogens is 158 g/mol. The molecule has 0 saturated carbocycles. The molecule has 0 saturated heterocycles. The largest absolute Gasteiger partial charge is 0.316 e. The Morgan fingerprint density at radius 2 is 1.54 bits per heavy atom. The third-order valence-corrected chi connectivity index (χ3v) is 1.72. The van der Waals surface area contributed by atoms with Crippen LogP contribution in [0, 0.1) is 0 Å². The molecule has 0 unspecified atom stereocenters. The van der Waals surface area contributed by atoms with Crippen LogP contribution in [0.25, 0.3) is 0 Å². The first-order valence-corrected chi connectivity index (χ1v) is 5.03. The minimum atomic E-state index is 0.959. The molecule has 0 fully saturated rings. The van der Waals surface area contributed by atoms with Gasteiger partial charge in [-0.05, 0) is 12.6 Å². The van der Waals surface area contributed by atoms with Gasteiger partial charge in [-0.15, -0.1) is 0 Å². The van der Waals surface area contributed by atoms with E-state index in [0.29, 0.717) is 0 Å². The number of hydrogen-bond donors (Lipinski definition) is 1. The molecule has 1 nitrogen and oxygen atoms in total. The van der Waals surface area contributed by atoms with E-state index in [-0.39, 0.29) is 0 Å². The highest BCUT2D eigenvalue weighted by atomic mass is 14.8. The maximum Gasteiger partial charge on any atom is 0.0202 e. The lowest BCUT2D eigenvalue weighted by molar-refractivity contribution is 0.818. The van der Waals surface area contributed by atoms with Crippen molar-refractivity contribution in [3.63, 3.8) is 0 Å². The summed E-state index contributed by atoms with van der Waals surface area (Å²) in [7, 11) is 1.95. The van der Waals surface area contributed by atoms with Gasteiger partial charge in [0.1, 0.15) is 0 Å². The SMILES string of the molecule is CCCC.CNCc1ccccc1. The van der Waals surface area contributed by atoms with Gasteiger partial charge in [-0.25, -0.2) is 0 Å². The van der Waals surface area contributed by atoms with Crippen molar-refractivity contribution in [2.75, 3.05) is 7.05 Å². The Bertz CT molecular complexity index is 180. The van der Waals surface area contributed by atoms with Crippen LogP contribution in [0.4, 0.5) is 0 Å². The van der Waals surface area contributed by atoms with Crippen LogP contribution in [-0.2, 0) is 6.54 Å². The third kappa shape index (κ3) is 7.54. The monoisotopic (exact) mass is 179 g/mol. The van der Waals surface area contributed by atoms with E-state index in [2.05, 4.69) is 31.3 Å². The molecule has 1 aromatic carbocycles. The molecule has 0 aliphatic carbocycles. The fraction of sp³-hybridized carbons (Fsp3) is 0.500. The Kier molecular flexibility index (Phi) is 8.68. The quantitative estimate of drug-likeness (QED) is 0.751. The van der Waals surface area contributed by atoms with E-state index in [9.17, 15) is 0 Å². The van der Waals surface area contributed by atoms with Crippen LogP contribution in [-0.4, -0.2) is 7.05 Å². The van der Waals surface area contributed by atoms with Crippen molar-refractivity contribution in [2.24, 2.45) is 0 Å². The Hall–Kier alpha value is -0.820. The number of hydrogen-bond acceptors (Lipinski definition) is 1. The van der Waals surface area contributed by atoms with Gasteiger partial charge in [0.05, 0.1) is 0 Å². The number of nitrogens with one attached hydrogen (secondary N) is 1. The topological polar surface area (TPSA) is 12.0 Å². The van der Waals surface area contributed by atoms with Crippen molar-refractivity contribution in [1.29, 1.82) is 0 Å². The molecule has 0 aliphatic rings. The first-order chi connectivity index (χ1) is 6.35. The van der Waals surface area contributed by atoms with E-state index < -0.39 is 0 Å². The average molecular weight is 179 g/mol. The summed E-state index contributed by atoms with van der Waals surface area (Å²) in [6.45, 7) is 5.32. The molecule has 0 heterocycles. The van der Waals surface area contributed by atoms with E-state index in [0.717, 1.165) is 6.54 Å². The van der Waals surface area contributed by atoms with E-state index in [1.807, 2.05) is 25.2 Å². The molecule has 13 heavy (non-hydrogen) atoms. The summed E-state index contributed by atoms with van der Waals surface area (Å²) in [5.74, 6) is 0. The van der Waals surface area contributed by atoms with Gasteiger partial charge in [-0.1, -0.05) is 57.0 Å². The first kappa shape index (κ1) is 12.2. The van der Waals surface area contributed by atoms with Crippen molar-refractivity contribution in [3.05, 3.63) is 35.9 Å². The second kappa shape index (κ2) is 9.27. The molecule has 0 spiro atoms. The zero-order chi connectivity index (χ0) is 9.94. The molecule has 0 aliphatic heterocycles. The van der Waals surface area contributed by atoms with Crippen LogP contribution in [0.1, 0.15) is 32.3 Å². The first-order valence-electron chi connectivity index (χ1n) is 5.03. The number of benzene rings is 1. The average Bonchev–Trinajstić information content (AvgIpc) is 2.20. The number of unbranched alkanes of at least 4 members (excludes halogenated alkanes) is 1. The second-order valence-corrected chi connectivity index (χ2v) is 3.02. The van der Waals surface area contributed by atoms with Gasteiger partial charge < -0.3 is 5.32 Å². The molecule has 1 heteroatoms. The standard InChI is InChI=1S/C8H11N.C4H10/c1-9-7-8-5-3-2-4-6-8;1-3-4-2/h2-6,9H,7H2,1H3;3-4H2,1-2H3. The van der Waals surface area contributed by atoms with Crippen LogP contribution < -0.4 is 5.32 Å². The fourth-order valence-electron chi connectivity index (χ4n) is 0.800. The molecule has 74 valence electrons. The predicted octanol–water partition coefficient (Wildman–Crippen LogP) is 3.21. The number of rotatable bonds is 3. The summed E-state index contributed by atoms with van der Waals surface area (Å²) in [6.07, 6.45) is 2.64. The predicted molar refractivity (Wildman–Crippen MR) is 59.8 cm³/mol. The molecular formula is C12H21N. The van der Waals surface area contributed by atoms with Gasteiger partial charge in [-0.2, -0.15) is 0 Å². The molecule has 1 N–H and O–H groups in total. The van der Waals surface area contributed by atoms with E-state index in [1.54, 1.807) is 0 Å². The van der Waals surface area contributed by atoms with Crippen LogP contribution in [0.5, 0.6) is 0 Å². The molecule has 0 radical (unpaired) electrons. The fourth-order valence-corrected chi connectivity index (χ4v) is 0.800. The maximum atomic E-state index is 3.08. The highest BCUT2D eigenvalue weighted by Gasteiger charge is 1.83. The summed E-state index contributed by atoms with van der Waals surface area (Å²) in [5.41, 5.74) is 1.33. The van der Waals surface area contributed by atoms with Gasteiger partial charge >= 0.3 is 0 Å². The molecule has 0 amide bonds. The van der Waals surface area contributed by atoms with Gasteiger partial charge in [0.2, 0.25) is 0 Å². The second-order valence-electron chi connectivity index (χ2n) is 3.02. The lowest BCUT2D eigenvalue weighted by atomic mass is 10.2. The lowest BCUT2D eigenvalue weighted by Crippen LogP contribution is -2.04. The zero-order valence-electron chi connectivity index (χ0n) is 9.01. The van der Waals surface area contributed by atoms with Crippen LogP contribution in [0.15, 0.2) is 30.3 Å². The van der Waals surface area contributed by atoms with Gasteiger partial charge in [0.25, 0.3) is 0 Å². The Morgan fingerprint density at radius 3 is 1.92 bits per heavy atom. The normalized spacial score (nSPS) is 8.85. The Balaban J connectivity index is 0.000000310. The minimum Gasteiger partial charge on any atom is -0.316 e. The summed E-state index contributed by atoms with van der Waals surface area (Å²) in [6, 6.07) is 10.3. The maximum absolute atomic E-state index is 3.08. The molecule has 0 bridgehead atoms. The minimum absolute atomic E-state index is 0.959. The molecule has 0 atom stereocenters. The Labute approximate surface area is 82.2 Å². The van der Waals surface area contributed by atoms with Gasteiger partial charge in [-0.3, -0.25) is 0 Å². The van der Waals surface area contributed by atoms with Gasteiger partial charge in [0.15, 0.2) is 0 Å². The van der Waals surface area contributed by atoms with Crippen LogP contribution in [0.2, 0.25) is 0 Å². The van der Waals surface area contributed by atoms with E-state index >= 15 is 0 Å². The van der Waals surface area contributed by atoms with Crippen molar-refractivity contribution in [2.45, 2.75) is 33.2 Å². The highest BCUT2D eigenvalue weighted by molar-refractivity contribution is 5.13. The Morgan fingerprint density at radius 1 is 1.00 bits per heavy atom. The summed E-state index contributed by atoms with van der Waals surface area (Å²) in [4.78, 5) is 0. The zero-order valence-corrected chi connectivity index (χ0v) is 9.01. The third-order valence-electron chi connectivity index (χ3n) is 1.72. The summed E-state index contributed by atoms with van der Waals surface area (Å²) < 4.78 is 0. The van der Waals surface area contributed by atoms with Crippen LogP contribution >= 0.6 is 0 Å². The van der Waals surface area contributed by atoms with E-state index in [4.69, 9.17) is 0 Å².